The Kier molecular flexibility index (Phi) is 9.65. The maximum atomic E-state index is 14.2. The SMILES string of the molecule is CC(C)(C)CC(COc1cc(C(=O)NCC(F)(F)F)c(Cl)cc1F)OC(=O)NS(=O)(=O)C(F)(F)F. The van der Waals surface area contributed by atoms with Crippen molar-refractivity contribution in [1.82, 2.24) is 10.0 Å². The third kappa shape index (κ3) is 10.3. The third-order valence-electron chi connectivity index (χ3n) is 3.78. The van der Waals surface area contributed by atoms with Gasteiger partial charge in [-0.05, 0) is 24.0 Å². The summed E-state index contributed by atoms with van der Waals surface area (Å²) >= 11 is 5.70. The van der Waals surface area contributed by atoms with Crippen molar-refractivity contribution in [3.63, 3.8) is 0 Å². The van der Waals surface area contributed by atoms with Crippen molar-refractivity contribution in [3.8, 4) is 5.75 Å². The molecule has 0 bridgehead atoms. The number of benzene rings is 1. The molecule has 0 aliphatic carbocycles. The van der Waals surface area contributed by atoms with Crippen molar-refractivity contribution >= 4 is 33.6 Å². The lowest BCUT2D eigenvalue weighted by atomic mass is 9.89. The van der Waals surface area contributed by atoms with Gasteiger partial charge in [0.1, 0.15) is 19.3 Å². The molecule has 0 saturated heterocycles. The van der Waals surface area contributed by atoms with Crippen LogP contribution in [0.4, 0.5) is 35.5 Å². The Morgan fingerprint density at radius 2 is 1.66 bits per heavy atom. The van der Waals surface area contributed by atoms with Gasteiger partial charge in [-0.25, -0.2) is 13.9 Å². The Morgan fingerprint density at radius 3 is 2.14 bits per heavy atom. The predicted octanol–water partition coefficient (Wildman–Crippen LogP) is 4.53. The number of alkyl halides is 6. The molecule has 1 atom stereocenters. The van der Waals surface area contributed by atoms with Gasteiger partial charge >= 0.3 is 27.8 Å². The van der Waals surface area contributed by atoms with Crippen LogP contribution in [0.5, 0.6) is 5.75 Å². The molecule has 0 spiro atoms. The number of hydrogen-bond donors (Lipinski definition) is 2. The number of carbonyl (C=O) groups is 2. The molecule has 35 heavy (non-hydrogen) atoms. The summed E-state index contributed by atoms with van der Waals surface area (Å²) in [5.41, 5.74) is -7.04. The summed E-state index contributed by atoms with van der Waals surface area (Å²) in [6, 6.07) is 1.24. The first-order chi connectivity index (χ1) is 15.6. The van der Waals surface area contributed by atoms with Crippen molar-refractivity contribution in [1.29, 1.82) is 0 Å². The van der Waals surface area contributed by atoms with Crippen LogP contribution in [0.1, 0.15) is 37.6 Å². The molecule has 2 N–H and O–H groups in total. The number of nitrogens with one attached hydrogen (secondary N) is 2. The van der Waals surface area contributed by atoms with Crippen molar-refractivity contribution in [2.75, 3.05) is 13.2 Å². The summed E-state index contributed by atoms with van der Waals surface area (Å²) in [5.74, 6) is -3.19. The number of rotatable bonds is 8. The minimum Gasteiger partial charge on any atom is -0.487 e. The van der Waals surface area contributed by atoms with Gasteiger partial charge in [-0.2, -0.15) is 34.8 Å². The highest BCUT2D eigenvalue weighted by Gasteiger charge is 2.47. The van der Waals surface area contributed by atoms with Gasteiger partial charge in [-0.15, -0.1) is 0 Å². The van der Waals surface area contributed by atoms with Crippen LogP contribution in [0.25, 0.3) is 0 Å². The first-order valence-corrected chi connectivity index (χ1v) is 11.2. The summed E-state index contributed by atoms with van der Waals surface area (Å²) in [6.45, 7) is 2.44. The quantitative estimate of drug-likeness (QED) is 0.452. The van der Waals surface area contributed by atoms with Gasteiger partial charge in [-0.3, -0.25) is 4.79 Å². The Labute approximate surface area is 200 Å². The van der Waals surface area contributed by atoms with E-state index in [-0.39, 0.29) is 6.42 Å². The van der Waals surface area contributed by atoms with Crippen molar-refractivity contribution in [2.45, 2.75) is 45.0 Å². The fourth-order valence-electron chi connectivity index (χ4n) is 2.43. The van der Waals surface area contributed by atoms with E-state index in [0.29, 0.717) is 16.9 Å². The molecular weight excluding hydrogens is 541 g/mol. The van der Waals surface area contributed by atoms with Gasteiger partial charge in [-0.1, -0.05) is 32.4 Å². The van der Waals surface area contributed by atoms with Crippen LogP contribution in [0.3, 0.4) is 0 Å². The number of amides is 2. The largest absolute Gasteiger partial charge is 0.516 e. The molecular formula is C18H20ClF7N2O6S. The average Bonchev–Trinajstić information content (AvgIpc) is 2.62. The van der Waals surface area contributed by atoms with Gasteiger partial charge in [0.05, 0.1) is 10.6 Å². The molecule has 0 radical (unpaired) electrons. The van der Waals surface area contributed by atoms with Crippen molar-refractivity contribution in [2.24, 2.45) is 5.41 Å². The number of hydrogen-bond acceptors (Lipinski definition) is 6. The molecule has 0 aromatic heterocycles. The van der Waals surface area contributed by atoms with E-state index < -0.39 is 80.5 Å². The lowest BCUT2D eigenvalue weighted by molar-refractivity contribution is -0.123. The van der Waals surface area contributed by atoms with E-state index in [1.807, 2.05) is 0 Å². The topological polar surface area (TPSA) is 111 Å². The average molecular weight is 561 g/mol. The van der Waals surface area contributed by atoms with Crippen molar-refractivity contribution in [3.05, 3.63) is 28.5 Å². The van der Waals surface area contributed by atoms with E-state index in [9.17, 15) is 48.7 Å². The third-order valence-corrected chi connectivity index (χ3v) is 5.13. The van der Waals surface area contributed by atoms with Crippen LogP contribution in [0.15, 0.2) is 12.1 Å². The van der Waals surface area contributed by atoms with Crippen LogP contribution in [-0.4, -0.2) is 51.4 Å². The maximum Gasteiger partial charge on any atom is 0.516 e. The van der Waals surface area contributed by atoms with E-state index in [4.69, 9.17) is 16.3 Å². The summed E-state index contributed by atoms with van der Waals surface area (Å²) < 4.78 is 121. The Balaban J connectivity index is 3.05. The molecule has 8 nitrogen and oxygen atoms in total. The highest BCUT2D eigenvalue weighted by Crippen LogP contribution is 2.28. The standard InChI is InChI=1S/C18H20ClF7N2O6S/c1-16(2,3)6-9(34-15(30)28-35(31,32)18(24,25)26)7-33-13-4-10(11(19)5-12(13)20)14(29)27-8-17(21,22)23/h4-5,9H,6-8H2,1-3H3,(H,27,29)(H,28,30). The molecule has 2 amide bonds. The monoisotopic (exact) mass is 560 g/mol. The second kappa shape index (κ2) is 11.1. The predicted molar refractivity (Wildman–Crippen MR) is 108 cm³/mol. The molecule has 1 aromatic carbocycles. The Hall–Kier alpha value is -2.49. The van der Waals surface area contributed by atoms with Gasteiger partial charge in [0, 0.05) is 0 Å². The van der Waals surface area contributed by atoms with E-state index in [1.54, 1.807) is 20.8 Å². The minimum atomic E-state index is -6.06. The van der Waals surface area contributed by atoms with E-state index in [1.165, 1.54) is 5.32 Å². The van der Waals surface area contributed by atoms with Gasteiger partial charge in [0.2, 0.25) is 0 Å². The van der Waals surface area contributed by atoms with Crippen LogP contribution in [0, 0.1) is 11.2 Å². The molecule has 1 aromatic rings. The zero-order valence-corrected chi connectivity index (χ0v) is 19.8. The molecule has 1 rings (SSSR count). The van der Waals surface area contributed by atoms with Crippen LogP contribution < -0.4 is 14.8 Å². The molecule has 17 heteroatoms. The summed E-state index contributed by atoms with van der Waals surface area (Å²) in [6.07, 6.45) is -8.25. The van der Waals surface area contributed by atoms with Gasteiger partial charge < -0.3 is 14.8 Å². The van der Waals surface area contributed by atoms with Crippen molar-refractivity contribution < 1.29 is 58.2 Å². The normalized spacial score (nSPS) is 13.7. The number of sulfonamides is 1. The van der Waals surface area contributed by atoms with Gasteiger partial charge in [0.25, 0.3) is 5.91 Å². The number of halogens is 8. The summed E-state index contributed by atoms with van der Waals surface area (Å²) in [5, 5.41) is 0.982. The molecule has 200 valence electrons. The minimum absolute atomic E-state index is 0.110. The van der Waals surface area contributed by atoms with E-state index in [2.05, 4.69) is 4.74 Å². The molecule has 0 aliphatic heterocycles. The van der Waals surface area contributed by atoms with Gasteiger partial charge in [0.15, 0.2) is 11.6 Å². The van der Waals surface area contributed by atoms with Crippen LogP contribution in [0.2, 0.25) is 5.02 Å². The molecule has 0 saturated carbocycles. The number of carbonyl (C=O) groups excluding carboxylic acids is 2. The maximum absolute atomic E-state index is 14.2. The number of ether oxygens (including phenoxy) is 2. The summed E-state index contributed by atoms with van der Waals surface area (Å²) in [4.78, 5) is 23.7. The highest BCUT2D eigenvalue weighted by molar-refractivity contribution is 7.90. The summed E-state index contributed by atoms with van der Waals surface area (Å²) in [7, 11) is -6.06. The molecule has 0 aliphatic rings. The lowest BCUT2D eigenvalue weighted by Crippen LogP contribution is -2.42. The first-order valence-electron chi connectivity index (χ1n) is 9.38. The Morgan fingerprint density at radius 1 is 1.09 bits per heavy atom. The van der Waals surface area contributed by atoms with Crippen LogP contribution in [-0.2, 0) is 14.8 Å². The molecule has 1 unspecified atom stereocenters. The molecule has 0 fully saturated rings. The first kappa shape index (κ1) is 30.5. The van der Waals surface area contributed by atoms with E-state index >= 15 is 0 Å². The van der Waals surface area contributed by atoms with E-state index in [0.717, 1.165) is 0 Å². The zero-order chi connectivity index (χ0) is 27.4. The fraction of sp³-hybridized carbons (Fsp3) is 0.556. The smallest absolute Gasteiger partial charge is 0.487 e. The second-order valence-electron chi connectivity index (χ2n) is 8.21. The highest BCUT2D eigenvalue weighted by atomic mass is 35.5. The lowest BCUT2D eigenvalue weighted by Gasteiger charge is -2.26. The molecule has 0 heterocycles. The van der Waals surface area contributed by atoms with Crippen LogP contribution >= 0.6 is 11.6 Å². The zero-order valence-electron chi connectivity index (χ0n) is 18.2. The fourth-order valence-corrected chi connectivity index (χ4v) is 3.05. The second-order valence-corrected chi connectivity index (χ2v) is 10.3. The Bertz CT molecular complexity index is 1040.